The molecule has 4 heteroatoms. The molecule has 2 unspecified atom stereocenters. The molecule has 0 aliphatic rings. The highest BCUT2D eigenvalue weighted by Crippen LogP contribution is 2.20. The molecule has 2 atom stereocenters. The van der Waals surface area contributed by atoms with Gasteiger partial charge < -0.3 is 15.3 Å². The molecule has 0 saturated heterocycles. The summed E-state index contributed by atoms with van der Waals surface area (Å²) in [5.74, 6) is -0.193. The van der Waals surface area contributed by atoms with Crippen molar-refractivity contribution in [2.45, 2.75) is 59.7 Å². The standard InChI is InChI=1S/C13H24O4/c1-8(2)10(15)6-9(14)7-11(16)12(17)13(3,4)5/h9,11,14-16H,6-7H2,1-5H3. The molecule has 0 aromatic carbocycles. The highest BCUT2D eigenvalue weighted by Gasteiger charge is 2.29. The Balaban J connectivity index is 4.36. The van der Waals surface area contributed by atoms with Crippen LogP contribution in [-0.4, -0.2) is 33.3 Å². The van der Waals surface area contributed by atoms with Crippen molar-refractivity contribution < 1.29 is 20.1 Å². The van der Waals surface area contributed by atoms with Gasteiger partial charge in [-0.25, -0.2) is 0 Å². The maximum atomic E-state index is 11.7. The molecule has 0 aromatic heterocycles. The van der Waals surface area contributed by atoms with E-state index in [9.17, 15) is 20.1 Å². The molecule has 0 spiro atoms. The first-order valence-corrected chi connectivity index (χ1v) is 5.81. The van der Waals surface area contributed by atoms with Crippen LogP contribution in [0.1, 0.15) is 47.5 Å². The fourth-order valence-corrected chi connectivity index (χ4v) is 1.38. The molecular formula is C13H24O4. The maximum absolute atomic E-state index is 11.7. The van der Waals surface area contributed by atoms with Gasteiger partial charge in [-0.3, -0.25) is 4.79 Å². The van der Waals surface area contributed by atoms with Crippen LogP contribution < -0.4 is 0 Å². The van der Waals surface area contributed by atoms with Gasteiger partial charge in [0, 0.05) is 18.3 Å². The minimum atomic E-state index is -1.19. The zero-order chi connectivity index (χ0) is 13.8. The van der Waals surface area contributed by atoms with Gasteiger partial charge >= 0.3 is 0 Å². The number of hydrogen-bond donors (Lipinski definition) is 3. The normalized spacial score (nSPS) is 15.2. The molecule has 3 N–H and O–H groups in total. The van der Waals surface area contributed by atoms with Crippen molar-refractivity contribution in [1.29, 1.82) is 0 Å². The lowest BCUT2D eigenvalue weighted by Crippen LogP contribution is -2.35. The van der Waals surface area contributed by atoms with Crippen molar-refractivity contribution in [1.82, 2.24) is 0 Å². The summed E-state index contributed by atoms with van der Waals surface area (Å²) in [6, 6.07) is 0. The van der Waals surface area contributed by atoms with Crippen LogP contribution in [0.5, 0.6) is 0 Å². The molecule has 0 amide bonds. The second-order valence-electron chi connectivity index (χ2n) is 5.67. The second kappa shape index (κ2) is 6.17. The summed E-state index contributed by atoms with van der Waals surface area (Å²) < 4.78 is 0. The van der Waals surface area contributed by atoms with E-state index in [-0.39, 0.29) is 24.4 Å². The van der Waals surface area contributed by atoms with E-state index in [0.29, 0.717) is 0 Å². The van der Waals surface area contributed by atoms with Crippen molar-refractivity contribution in [2.24, 2.45) is 5.41 Å². The first-order valence-electron chi connectivity index (χ1n) is 5.81. The van der Waals surface area contributed by atoms with E-state index in [2.05, 4.69) is 0 Å². The Labute approximate surface area is 103 Å². The molecule has 0 heterocycles. The molecule has 0 aliphatic carbocycles. The first kappa shape index (κ1) is 16.1. The topological polar surface area (TPSA) is 77.8 Å². The predicted octanol–water partition coefficient (Wildman–Crippen LogP) is 1.96. The summed E-state index contributed by atoms with van der Waals surface area (Å²) in [4.78, 5) is 11.7. The Kier molecular flexibility index (Phi) is 5.85. The number of Topliss-reactive ketones (excluding diaryl/α,β-unsaturated/α-hetero) is 1. The van der Waals surface area contributed by atoms with Gasteiger partial charge in [0.25, 0.3) is 0 Å². The van der Waals surface area contributed by atoms with Gasteiger partial charge in [-0.05, 0) is 19.4 Å². The number of aliphatic hydroxyl groups is 3. The zero-order valence-corrected chi connectivity index (χ0v) is 11.3. The Bertz CT molecular complexity index is 295. The number of ketones is 1. The molecule has 0 saturated carbocycles. The Hall–Kier alpha value is -0.870. The number of rotatable bonds is 5. The van der Waals surface area contributed by atoms with Crippen LogP contribution in [0.2, 0.25) is 0 Å². The van der Waals surface area contributed by atoms with Crippen LogP contribution in [0.4, 0.5) is 0 Å². The zero-order valence-electron chi connectivity index (χ0n) is 11.3. The summed E-state index contributed by atoms with van der Waals surface area (Å²) in [6.07, 6.45) is -2.08. The van der Waals surface area contributed by atoms with Gasteiger partial charge in [0.05, 0.1) is 11.9 Å². The molecule has 0 radical (unpaired) electrons. The number of aliphatic hydroxyl groups excluding tert-OH is 3. The van der Waals surface area contributed by atoms with E-state index in [1.807, 2.05) is 0 Å². The second-order valence-corrected chi connectivity index (χ2v) is 5.67. The van der Waals surface area contributed by atoms with E-state index >= 15 is 0 Å². The highest BCUT2D eigenvalue weighted by atomic mass is 16.3. The summed E-state index contributed by atoms with van der Waals surface area (Å²) in [5, 5.41) is 28.8. The Morgan fingerprint density at radius 2 is 1.65 bits per heavy atom. The fraction of sp³-hybridized carbons (Fsp3) is 0.769. The molecule has 0 bridgehead atoms. The SMILES string of the molecule is CC(C)=C(O)CC(O)CC(O)C(=O)C(C)(C)C. The number of hydrogen-bond acceptors (Lipinski definition) is 4. The van der Waals surface area contributed by atoms with E-state index in [1.54, 1.807) is 34.6 Å². The van der Waals surface area contributed by atoms with Crippen LogP contribution in [0, 0.1) is 5.41 Å². The predicted molar refractivity (Wildman–Crippen MR) is 66.7 cm³/mol. The van der Waals surface area contributed by atoms with Crippen LogP contribution in [0.3, 0.4) is 0 Å². The van der Waals surface area contributed by atoms with Crippen molar-refractivity contribution >= 4 is 5.78 Å². The summed E-state index contributed by atoms with van der Waals surface area (Å²) in [5.41, 5.74) is 0.0956. The highest BCUT2D eigenvalue weighted by molar-refractivity contribution is 5.87. The summed E-state index contributed by atoms with van der Waals surface area (Å²) in [6.45, 7) is 8.63. The van der Waals surface area contributed by atoms with E-state index in [0.717, 1.165) is 5.57 Å². The lowest BCUT2D eigenvalue weighted by Gasteiger charge is -2.22. The first-order chi connectivity index (χ1) is 7.55. The molecule has 100 valence electrons. The van der Waals surface area contributed by atoms with Crippen LogP contribution >= 0.6 is 0 Å². The average Bonchev–Trinajstić information content (AvgIpc) is 2.14. The smallest absolute Gasteiger partial charge is 0.166 e. The van der Waals surface area contributed by atoms with Gasteiger partial charge in [-0.15, -0.1) is 0 Å². The van der Waals surface area contributed by atoms with Crippen molar-refractivity contribution in [3.05, 3.63) is 11.3 Å². The minimum absolute atomic E-state index is 0.0482. The molecule has 0 aliphatic heterocycles. The lowest BCUT2D eigenvalue weighted by atomic mass is 9.85. The van der Waals surface area contributed by atoms with Crippen LogP contribution in [0.15, 0.2) is 11.3 Å². The summed E-state index contributed by atoms with van der Waals surface area (Å²) in [7, 11) is 0. The van der Waals surface area contributed by atoms with E-state index in [1.165, 1.54) is 0 Å². The molecule has 0 rings (SSSR count). The lowest BCUT2D eigenvalue weighted by molar-refractivity contribution is -0.136. The largest absolute Gasteiger partial charge is 0.512 e. The molecule has 17 heavy (non-hydrogen) atoms. The van der Waals surface area contributed by atoms with Gasteiger partial charge in [-0.2, -0.15) is 0 Å². The van der Waals surface area contributed by atoms with E-state index in [4.69, 9.17) is 0 Å². The molecule has 4 nitrogen and oxygen atoms in total. The van der Waals surface area contributed by atoms with Crippen molar-refractivity contribution in [2.75, 3.05) is 0 Å². The fourth-order valence-electron chi connectivity index (χ4n) is 1.38. The van der Waals surface area contributed by atoms with E-state index < -0.39 is 17.6 Å². The molecule has 0 aromatic rings. The minimum Gasteiger partial charge on any atom is -0.512 e. The molecular weight excluding hydrogens is 220 g/mol. The quantitative estimate of drug-likeness (QED) is 0.646. The third-order valence-corrected chi connectivity index (χ3v) is 2.54. The third kappa shape index (κ3) is 5.84. The third-order valence-electron chi connectivity index (χ3n) is 2.54. The van der Waals surface area contributed by atoms with Crippen molar-refractivity contribution in [3.8, 4) is 0 Å². The average molecular weight is 244 g/mol. The number of allylic oxidation sites excluding steroid dienone is 1. The number of carbonyl (C=O) groups is 1. The van der Waals surface area contributed by atoms with Gasteiger partial charge in [0.15, 0.2) is 5.78 Å². The van der Waals surface area contributed by atoms with Crippen LogP contribution in [0.25, 0.3) is 0 Å². The summed E-state index contributed by atoms with van der Waals surface area (Å²) >= 11 is 0. The van der Waals surface area contributed by atoms with Gasteiger partial charge in [0.2, 0.25) is 0 Å². The van der Waals surface area contributed by atoms with Crippen molar-refractivity contribution in [3.63, 3.8) is 0 Å². The van der Waals surface area contributed by atoms with Gasteiger partial charge in [-0.1, -0.05) is 20.8 Å². The Morgan fingerprint density at radius 1 is 1.18 bits per heavy atom. The Morgan fingerprint density at radius 3 is 2.00 bits per heavy atom. The number of carbonyl (C=O) groups excluding carboxylic acids is 1. The monoisotopic (exact) mass is 244 g/mol. The maximum Gasteiger partial charge on any atom is 0.166 e. The van der Waals surface area contributed by atoms with Gasteiger partial charge in [0.1, 0.15) is 6.10 Å². The molecule has 0 fully saturated rings. The van der Waals surface area contributed by atoms with Crippen LogP contribution in [-0.2, 0) is 4.79 Å².